The van der Waals surface area contributed by atoms with E-state index in [1.165, 1.54) is 6.07 Å². The van der Waals surface area contributed by atoms with Gasteiger partial charge in [-0.15, -0.1) is 0 Å². The molecule has 0 saturated heterocycles. The Morgan fingerprint density at radius 3 is 2.71 bits per heavy atom. The van der Waals surface area contributed by atoms with Gasteiger partial charge in [0, 0.05) is 0 Å². The van der Waals surface area contributed by atoms with Crippen LogP contribution in [-0.2, 0) is 0 Å². The lowest BCUT2D eigenvalue weighted by Gasteiger charge is -2.01. The lowest BCUT2D eigenvalue weighted by molar-refractivity contribution is -0.255. The number of benzene rings is 1. The van der Waals surface area contributed by atoms with Crippen molar-refractivity contribution in [2.24, 2.45) is 0 Å². The van der Waals surface area contributed by atoms with Crippen LogP contribution in [0.25, 0.3) is 11.0 Å². The highest BCUT2D eigenvalue weighted by Crippen LogP contribution is 2.09. The van der Waals surface area contributed by atoms with Crippen molar-refractivity contribution in [3.63, 3.8) is 0 Å². The Kier molecular flexibility index (Phi) is 1.81. The summed E-state index contributed by atoms with van der Waals surface area (Å²) in [4.78, 5) is 22.0. The van der Waals surface area contributed by atoms with E-state index < -0.39 is 17.0 Å². The summed E-state index contributed by atoms with van der Waals surface area (Å²) in [6.45, 7) is 0. The van der Waals surface area contributed by atoms with Gasteiger partial charge in [0.15, 0.2) is 0 Å². The Morgan fingerprint density at radius 2 is 2.00 bits per heavy atom. The van der Waals surface area contributed by atoms with Crippen molar-refractivity contribution in [3.8, 4) is 0 Å². The van der Waals surface area contributed by atoms with Crippen LogP contribution in [0.3, 0.4) is 0 Å². The molecule has 0 aliphatic rings. The normalized spacial score (nSPS) is 10.3. The average molecular weight is 189 g/mol. The molecular weight excluding hydrogens is 184 g/mol. The van der Waals surface area contributed by atoms with Gasteiger partial charge in [0.2, 0.25) is 5.43 Å². The van der Waals surface area contributed by atoms with E-state index in [1.54, 1.807) is 18.2 Å². The topological polar surface area (TPSA) is 70.3 Å². The predicted octanol–water partition coefficient (Wildman–Crippen LogP) is 0.156. The molecule has 14 heavy (non-hydrogen) atoms. The molecule has 4 heteroatoms. The average Bonchev–Trinajstić information content (AvgIpc) is 2.18. The minimum Gasteiger partial charge on any atom is -0.545 e. The van der Waals surface area contributed by atoms with Crippen molar-refractivity contribution < 1.29 is 14.3 Å². The Balaban J connectivity index is 2.89. The summed E-state index contributed by atoms with van der Waals surface area (Å²) >= 11 is 0. The molecule has 0 radical (unpaired) electrons. The zero-order chi connectivity index (χ0) is 10.1. The Bertz CT molecular complexity index is 553. The van der Waals surface area contributed by atoms with E-state index in [9.17, 15) is 14.7 Å². The van der Waals surface area contributed by atoms with Gasteiger partial charge in [-0.25, -0.2) is 0 Å². The third-order valence-electron chi connectivity index (χ3n) is 1.90. The van der Waals surface area contributed by atoms with Gasteiger partial charge in [0.1, 0.15) is 11.8 Å². The molecule has 0 bridgehead atoms. The first-order valence-corrected chi connectivity index (χ1v) is 3.92. The van der Waals surface area contributed by atoms with Crippen LogP contribution in [0.2, 0.25) is 0 Å². The highest BCUT2D eigenvalue weighted by molar-refractivity contribution is 5.89. The zero-order valence-electron chi connectivity index (χ0n) is 7.02. The van der Waals surface area contributed by atoms with Gasteiger partial charge in [0.05, 0.1) is 16.9 Å². The van der Waals surface area contributed by atoms with Gasteiger partial charge in [-0.2, -0.15) is 0 Å². The number of carbonyl (C=O) groups excluding carboxylic acids is 1. The summed E-state index contributed by atoms with van der Waals surface area (Å²) in [5.74, 6) is -1.52. The molecule has 2 rings (SSSR count). The van der Waals surface area contributed by atoms with Gasteiger partial charge >= 0.3 is 0 Å². The van der Waals surface area contributed by atoms with Crippen molar-refractivity contribution in [2.45, 2.75) is 0 Å². The summed E-state index contributed by atoms with van der Waals surface area (Å²) in [6.07, 6.45) is 0.903. The fraction of sp³-hybridized carbons (Fsp3) is 0. The maximum atomic E-state index is 11.5. The monoisotopic (exact) mass is 189 g/mol. The first-order valence-electron chi connectivity index (χ1n) is 3.92. The Morgan fingerprint density at radius 1 is 1.29 bits per heavy atom. The molecule has 1 heterocycles. The largest absolute Gasteiger partial charge is 0.545 e. The van der Waals surface area contributed by atoms with Gasteiger partial charge in [-0.1, -0.05) is 12.1 Å². The van der Waals surface area contributed by atoms with E-state index in [0.29, 0.717) is 5.58 Å². The van der Waals surface area contributed by atoms with Crippen LogP contribution < -0.4 is 10.5 Å². The number of carboxylic acids is 1. The molecular formula is C10H5O4-. The number of rotatable bonds is 1. The Labute approximate surface area is 78.4 Å². The summed E-state index contributed by atoms with van der Waals surface area (Å²) in [5, 5.41) is 10.7. The summed E-state index contributed by atoms with van der Waals surface area (Å²) in [7, 11) is 0. The van der Waals surface area contributed by atoms with Crippen LogP contribution in [0, 0.1) is 0 Å². The van der Waals surface area contributed by atoms with Crippen LogP contribution in [0.15, 0.2) is 39.7 Å². The van der Waals surface area contributed by atoms with E-state index in [2.05, 4.69) is 0 Å². The van der Waals surface area contributed by atoms with Gasteiger partial charge in [-0.3, -0.25) is 4.79 Å². The molecule has 0 aliphatic carbocycles. The van der Waals surface area contributed by atoms with Crippen LogP contribution >= 0.6 is 0 Å². The van der Waals surface area contributed by atoms with E-state index in [0.717, 1.165) is 6.26 Å². The number of hydrogen-bond donors (Lipinski definition) is 0. The first kappa shape index (κ1) is 8.50. The molecule has 0 N–H and O–H groups in total. The highest BCUT2D eigenvalue weighted by Gasteiger charge is 2.05. The quantitative estimate of drug-likeness (QED) is 0.640. The lowest BCUT2D eigenvalue weighted by Crippen LogP contribution is -2.28. The minimum absolute atomic E-state index is 0.245. The number of carbonyl (C=O) groups is 1. The van der Waals surface area contributed by atoms with Crippen molar-refractivity contribution in [3.05, 3.63) is 46.3 Å². The van der Waals surface area contributed by atoms with Crippen molar-refractivity contribution in [2.75, 3.05) is 0 Å². The van der Waals surface area contributed by atoms with Crippen LogP contribution in [0.5, 0.6) is 0 Å². The number of fused-ring (bicyclic) bond motifs is 1. The third-order valence-corrected chi connectivity index (χ3v) is 1.90. The SMILES string of the molecule is O=C([O-])c1coc2ccccc2c1=O. The van der Waals surface area contributed by atoms with E-state index >= 15 is 0 Å². The minimum atomic E-state index is -1.52. The summed E-state index contributed by atoms with van der Waals surface area (Å²) < 4.78 is 4.96. The van der Waals surface area contributed by atoms with E-state index in [1.807, 2.05) is 0 Å². The highest BCUT2D eigenvalue weighted by atomic mass is 16.4. The van der Waals surface area contributed by atoms with Crippen molar-refractivity contribution in [1.82, 2.24) is 0 Å². The van der Waals surface area contributed by atoms with Gasteiger partial charge < -0.3 is 14.3 Å². The number of para-hydroxylation sites is 1. The molecule has 2 aromatic rings. The molecule has 1 aromatic carbocycles. The zero-order valence-corrected chi connectivity index (χ0v) is 7.02. The molecule has 0 fully saturated rings. The maximum absolute atomic E-state index is 11.5. The summed E-state index contributed by atoms with van der Waals surface area (Å²) in [5.41, 5.74) is -0.668. The fourth-order valence-electron chi connectivity index (χ4n) is 1.22. The molecule has 0 spiro atoms. The van der Waals surface area contributed by atoms with Crippen LogP contribution in [0.4, 0.5) is 0 Å². The fourth-order valence-corrected chi connectivity index (χ4v) is 1.22. The molecule has 0 amide bonds. The third kappa shape index (κ3) is 1.17. The number of hydrogen-bond acceptors (Lipinski definition) is 4. The molecule has 1 aromatic heterocycles. The molecule has 4 nitrogen and oxygen atoms in total. The van der Waals surface area contributed by atoms with Gasteiger partial charge in [0.25, 0.3) is 0 Å². The van der Waals surface area contributed by atoms with Gasteiger partial charge in [-0.05, 0) is 12.1 Å². The molecule has 70 valence electrons. The predicted molar refractivity (Wildman–Crippen MR) is 46.8 cm³/mol. The van der Waals surface area contributed by atoms with E-state index in [4.69, 9.17) is 4.42 Å². The maximum Gasteiger partial charge on any atom is 0.201 e. The second-order valence-electron chi connectivity index (χ2n) is 2.76. The second kappa shape index (κ2) is 2.99. The van der Waals surface area contributed by atoms with Crippen LogP contribution in [0.1, 0.15) is 10.4 Å². The summed E-state index contributed by atoms with van der Waals surface area (Å²) in [6, 6.07) is 6.44. The van der Waals surface area contributed by atoms with E-state index in [-0.39, 0.29) is 5.39 Å². The van der Waals surface area contributed by atoms with Crippen LogP contribution in [-0.4, -0.2) is 5.97 Å². The first-order chi connectivity index (χ1) is 6.70. The molecule has 0 unspecified atom stereocenters. The smallest absolute Gasteiger partial charge is 0.201 e. The molecule has 0 saturated carbocycles. The van der Waals surface area contributed by atoms with Crippen molar-refractivity contribution in [1.29, 1.82) is 0 Å². The second-order valence-corrected chi connectivity index (χ2v) is 2.76. The number of carboxylic acid groups (broad SMARTS) is 1. The molecule has 0 atom stereocenters. The Hall–Kier alpha value is -2.10. The number of aromatic carboxylic acids is 1. The standard InChI is InChI=1S/C10H6O4/c11-9-6-3-1-2-4-8(6)14-5-7(9)10(12)13/h1-5H,(H,12,13)/p-1. The van der Waals surface area contributed by atoms with Crippen molar-refractivity contribution >= 4 is 16.9 Å². The lowest BCUT2D eigenvalue weighted by atomic mass is 10.2. The molecule has 0 aliphatic heterocycles.